The Bertz CT molecular complexity index is 557. The molecule has 1 aromatic carbocycles. The summed E-state index contributed by atoms with van der Waals surface area (Å²) < 4.78 is 0. The van der Waals surface area contributed by atoms with Gasteiger partial charge in [-0.1, -0.05) is 29.8 Å². The molecule has 18 heavy (non-hydrogen) atoms. The maximum absolute atomic E-state index is 6.37. The standard InChI is InChI=1S/C15H16ClNS/c1-10-3-2-4-13(15(10)16)14-8-7-12(18-14)9-17-11-5-6-11/h2-4,7-8,11,17H,5-6,9H2,1H3. The van der Waals surface area contributed by atoms with E-state index in [2.05, 4.69) is 42.6 Å². The molecule has 1 nitrogen and oxygen atoms in total. The summed E-state index contributed by atoms with van der Waals surface area (Å²) in [6.07, 6.45) is 2.67. The molecule has 0 unspecified atom stereocenters. The Hall–Kier alpha value is -0.830. The van der Waals surface area contributed by atoms with Gasteiger partial charge >= 0.3 is 0 Å². The molecular weight excluding hydrogens is 262 g/mol. The Morgan fingerprint density at radius 3 is 2.89 bits per heavy atom. The normalized spacial score (nSPS) is 15.0. The lowest BCUT2D eigenvalue weighted by molar-refractivity contribution is 0.695. The van der Waals surface area contributed by atoms with Crippen LogP contribution >= 0.6 is 22.9 Å². The van der Waals surface area contributed by atoms with Gasteiger partial charge in [-0.05, 0) is 37.5 Å². The van der Waals surface area contributed by atoms with Gasteiger partial charge in [0.2, 0.25) is 0 Å². The minimum Gasteiger partial charge on any atom is -0.309 e. The second kappa shape index (κ2) is 5.04. The molecule has 0 amide bonds. The summed E-state index contributed by atoms with van der Waals surface area (Å²) in [7, 11) is 0. The van der Waals surface area contributed by atoms with E-state index in [-0.39, 0.29) is 0 Å². The van der Waals surface area contributed by atoms with Crippen molar-refractivity contribution in [3.63, 3.8) is 0 Å². The largest absolute Gasteiger partial charge is 0.309 e. The molecule has 0 spiro atoms. The maximum Gasteiger partial charge on any atom is 0.0521 e. The van der Waals surface area contributed by atoms with E-state index < -0.39 is 0 Å². The number of nitrogens with one attached hydrogen (secondary N) is 1. The van der Waals surface area contributed by atoms with Gasteiger partial charge in [-0.15, -0.1) is 11.3 Å². The molecule has 0 bridgehead atoms. The monoisotopic (exact) mass is 277 g/mol. The molecule has 1 saturated carbocycles. The first kappa shape index (κ1) is 12.2. The van der Waals surface area contributed by atoms with E-state index in [1.165, 1.54) is 22.6 Å². The summed E-state index contributed by atoms with van der Waals surface area (Å²) in [6, 6.07) is 11.4. The van der Waals surface area contributed by atoms with Crippen LogP contribution in [-0.2, 0) is 6.54 Å². The van der Waals surface area contributed by atoms with Crippen LogP contribution in [0.25, 0.3) is 10.4 Å². The Labute approximate surface area is 117 Å². The smallest absolute Gasteiger partial charge is 0.0521 e. The van der Waals surface area contributed by atoms with Gasteiger partial charge in [0.1, 0.15) is 0 Å². The zero-order chi connectivity index (χ0) is 12.5. The third-order valence-corrected chi connectivity index (χ3v) is 4.88. The lowest BCUT2D eigenvalue weighted by Gasteiger charge is -2.04. The lowest BCUT2D eigenvalue weighted by Crippen LogP contribution is -2.14. The first-order chi connectivity index (χ1) is 8.74. The summed E-state index contributed by atoms with van der Waals surface area (Å²) in [5, 5.41) is 4.42. The number of hydrogen-bond donors (Lipinski definition) is 1. The fraction of sp³-hybridized carbons (Fsp3) is 0.333. The molecule has 3 heteroatoms. The van der Waals surface area contributed by atoms with Crippen LogP contribution in [0.1, 0.15) is 23.3 Å². The van der Waals surface area contributed by atoms with Crippen molar-refractivity contribution in [1.29, 1.82) is 0 Å². The van der Waals surface area contributed by atoms with Gasteiger partial charge in [-0.3, -0.25) is 0 Å². The highest BCUT2D eigenvalue weighted by atomic mass is 35.5. The van der Waals surface area contributed by atoms with Crippen LogP contribution < -0.4 is 5.32 Å². The number of rotatable bonds is 4. The molecule has 1 fully saturated rings. The van der Waals surface area contributed by atoms with Crippen molar-refractivity contribution in [1.82, 2.24) is 5.32 Å². The molecule has 2 aromatic rings. The third-order valence-electron chi connectivity index (χ3n) is 3.26. The summed E-state index contributed by atoms with van der Waals surface area (Å²) in [4.78, 5) is 2.64. The fourth-order valence-electron chi connectivity index (χ4n) is 1.99. The van der Waals surface area contributed by atoms with Gasteiger partial charge in [0.15, 0.2) is 0 Å². The van der Waals surface area contributed by atoms with Crippen molar-refractivity contribution in [3.05, 3.63) is 45.8 Å². The van der Waals surface area contributed by atoms with Crippen LogP contribution in [0.3, 0.4) is 0 Å². The van der Waals surface area contributed by atoms with Gasteiger partial charge in [0.25, 0.3) is 0 Å². The molecule has 0 atom stereocenters. The van der Waals surface area contributed by atoms with Crippen molar-refractivity contribution in [2.24, 2.45) is 0 Å². The van der Waals surface area contributed by atoms with Gasteiger partial charge in [-0.25, -0.2) is 0 Å². The van der Waals surface area contributed by atoms with Crippen molar-refractivity contribution in [3.8, 4) is 10.4 Å². The topological polar surface area (TPSA) is 12.0 Å². The molecule has 1 aliphatic rings. The Kier molecular flexibility index (Phi) is 3.42. The van der Waals surface area contributed by atoms with Crippen molar-refractivity contribution < 1.29 is 0 Å². The first-order valence-corrected chi connectivity index (χ1v) is 7.51. The van der Waals surface area contributed by atoms with E-state index in [4.69, 9.17) is 11.6 Å². The van der Waals surface area contributed by atoms with Crippen LogP contribution in [0.15, 0.2) is 30.3 Å². The predicted molar refractivity (Wildman–Crippen MR) is 79.4 cm³/mol. The zero-order valence-electron chi connectivity index (χ0n) is 10.4. The Balaban J connectivity index is 1.80. The third kappa shape index (κ3) is 2.61. The molecule has 94 valence electrons. The van der Waals surface area contributed by atoms with E-state index in [9.17, 15) is 0 Å². The van der Waals surface area contributed by atoms with Gasteiger partial charge in [0, 0.05) is 27.9 Å². The number of hydrogen-bond acceptors (Lipinski definition) is 2. The van der Waals surface area contributed by atoms with Crippen molar-refractivity contribution in [2.75, 3.05) is 0 Å². The van der Waals surface area contributed by atoms with Gasteiger partial charge < -0.3 is 5.32 Å². The van der Waals surface area contributed by atoms with Crippen LogP contribution in [-0.4, -0.2) is 6.04 Å². The molecule has 1 aliphatic carbocycles. The number of halogens is 1. The number of benzene rings is 1. The predicted octanol–water partition coefficient (Wildman–Crippen LogP) is 4.63. The fourth-order valence-corrected chi connectivity index (χ4v) is 3.26. The van der Waals surface area contributed by atoms with Crippen LogP contribution in [0.2, 0.25) is 5.02 Å². The summed E-state index contributed by atoms with van der Waals surface area (Å²) in [5.41, 5.74) is 2.29. The SMILES string of the molecule is Cc1cccc(-c2ccc(CNC3CC3)s2)c1Cl. The average Bonchev–Trinajstić information content (AvgIpc) is 3.08. The zero-order valence-corrected chi connectivity index (χ0v) is 11.9. The molecule has 1 aromatic heterocycles. The minimum atomic E-state index is 0.762. The summed E-state index contributed by atoms with van der Waals surface area (Å²) in [6.45, 7) is 3.04. The van der Waals surface area contributed by atoms with Crippen molar-refractivity contribution >= 4 is 22.9 Å². The number of aryl methyl sites for hydroxylation is 1. The van der Waals surface area contributed by atoms with E-state index in [0.29, 0.717) is 0 Å². The van der Waals surface area contributed by atoms with E-state index >= 15 is 0 Å². The second-order valence-corrected chi connectivity index (χ2v) is 6.40. The number of thiophene rings is 1. The Morgan fingerprint density at radius 2 is 2.11 bits per heavy atom. The average molecular weight is 278 g/mol. The molecule has 1 N–H and O–H groups in total. The molecule has 0 saturated heterocycles. The van der Waals surface area contributed by atoms with Gasteiger partial charge in [-0.2, -0.15) is 0 Å². The van der Waals surface area contributed by atoms with Crippen LogP contribution in [0.5, 0.6) is 0 Å². The van der Waals surface area contributed by atoms with Crippen LogP contribution in [0.4, 0.5) is 0 Å². The van der Waals surface area contributed by atoms with E-state index in [1.807, 2.05) is 11.3 Å². The maximum atomic E-state index is 6.37. The molecule has 0 aliphatic heterocycles. The molecular formula is C15H16ClNS. The molecule has 3 rings (SSSR count). The highest BCUT2D eigenvalue weighted by Crippen LogP contribution is 2.35. The van der Waals surface area contributed by atoms with Crippen LogP contribution in [0, 0.1) is 6.92 Å². The van der Waals surface area contributed by atoms with Gasteiger partial charge in [0.05, 0.1) is 5.02 Å². The summed E-state index contributed by atoms with van der Waals surface area (Å²) in [5.74, 6) is 0. The molecule has 1 heterocycles. The Morgan fingerprint density at radius 1 is 1.28 bits per heavy atom. The van der Waals surface area contributed by atoms with E-state index in [1.54, 1.807) is 0 Å². The van der Waals surface area contributed by atoms with Crippen molar-refractivity contribution in [2.45, 2.75) is 32.4 Å². The first-order valence-electron chi connectivity index (χ1n) is 6.31. The minimum absolute atomic E-state index is 0.762. The highest BCUT2D eigenvalue weighted by molar-refractivity contribution is 7.15. The summed E-state index contributed by atoms with van der Waals surface area (Å²) >= 11 is 8.20. The quantitative estimate of drug-likeness (QED) is 0.859. The second-order valence-electron chi connectivity index (χ2n) is 4.86. The lowest BCUT2D eigenvalue weighted by atomic mass is 10.1. The molecule has 0 radical (unpaired) electrons. The highest BCUT2D eigenvalue weighted by Gasteiger charge is 2.20. The van der Waals surface area contributed by atoms with E-state index in [0.717, 1.165) is 28.7 Å².